The molecule has 0 radical (unpaired) electrons. The predicted octanol–water partition coefficient (Wildman–Crippen LogP) is 4.18. The Kier molecular flexibility index (Phi) is 7.53. The number of sulfonamides is 1. The number of rotatable bonds is 9. The summed E-state index contributed by atoms with van der Waals surface area (Å²) in [7, 11) is -2.98. The van der Waals surface area contributed by atoms with Gasteiger partial charge in [0.05, 0.1) is 13.3 Å². The number of aromatic nitrogens is 4. The van der Waals surface area contributed by atoms with E-state index < -0.39 is 33.6 Å². The van der Waals surface area contributed by atoms with Gasteiger partial charge in [-0.15, -0.1) is 5.10 Å². The Morgan fingerprint density at radius 2 is 2.05 bits per heavy atom. The zero-order valence-electron chi connectivity index (χ0n) is 20.5. The number of aromatic amines is 1. The van der Waals surface area contributed by atoms with Gasteiger partial charge in [-0.25, -0.2) is 22.7 Å². The van der Waals surface area contributed by atoms with E-state index in [0.29, 0.717) is 12.1 Å². The van der Waals surface area contributed by atoms with Crippen molar-refractivity contribution in [2.45, 2.75) is 44.2 Å². The lowest BCUT2D eigenvalue weighted by Crippen LogP contribution is -2.33. The van der Waals surface area contributed by atoms with Gasteiger partial charge >= 0.3 is 5.76 Å². The van der Waals surface area contributed by atoms with Gasteiger partial charge in [0, 0.05) is 35.3 Å². The van der Waals surface area contributed by atoms with Gasteiger partial charge in [0.15, 0.2) is 0 Å². The van der Waals surface area contributed by atoms with Crippen LogP contribution in [0.5, 0.6) is 5.75 Å². The van der Waals surface area contributed by atoms with Gasteiger partial charge in [-0.05, 0) is 48.7 Å². The third kappa shape index (κ3) is 5.31. The quantitative estimate of drug-likeness (QED) is 0.320. The fourth-order valence-corrected chi connectivity index (χ4v) is 5.83. The van der Waals surface area contributed by atoms with Crippen molar-refractivity contribution in [2.24, 2.45) is 0 Å². The van der Waals surface area contributed by atoms with E-state index >= 15 is 4.39 Å². The summed E-state index contributed by atoms with van der Waals surface area (Å²) in [5.41, 5.74) is 2.31. The summed E-state index contributed by atoms with van der Waals surface area (Å²) in [6.45, 7) is 5.97. The molecule has 0 fully saturated rings. The molecule has 0 bridgehead atoms. The second-order valence-electron chi connectivity index (χ2n) is 8.35. The predicted molar refractivity (Wildman–Crippen MR) is 135 cm³/mol. The van der Waals surface area contributed by atoms with E-state index in [1.807, 2.05) is 13.1 Å². The fraction of sp³-hybridized carbons (Fsp3) is 0.292. The number of nitrogens with zero attached hydrogens (tertiary/aromatic N) is 3. The van der Waals surface area contributed by atoms with Crippen LogP contribution >= 0.6 is 11.6 Å². The van der Waals surface area contributed by atoms with Crippen molar-refractivity contribution in [1.29, 1.82) is 0 Å². The number of hydrogen-bond acceptors (Lipinski definition) is 7. The molecule has 4 aromatic rings. The molecular formula is C24H25ClFN5O5S. The van der Waals surface area contributed by atoms with Gasteiger partial charge in [0.2, 0.25) is 15.9 Å². The molecule has 0 aliphatic rings. The minimum absolute atomic E-state index is 0.00665. The van der Waals surface area contributed by atoms with Crippen LogP contribution in [-0.4, -0.2) is 35.5 Å². The van der Waals surface area contributed by atoms with Crippen molar-refractivity contribution in [2.75, 3.05) is 7.11 Å². The molecule has 2 aromatic heterocycles. The smallest absolute Gasteiger partial charge is 0.434 e. The van der Waals surface area contributed by atoms with Crippen LogP contribution in [0.3, 0.4) is 0 Å². The van der Waals surface area contributed by atoms with Gasteiger partial charge in [0.1, 0.15) is 22.5 Å². The molecule has 0 saturated heterocycles. The highest BCUT2D eigenvalue weighted by Gasteiger charge is 2.34. The average molecular weight is 550 g/mol. The SMILES string of the molecule is CCn1cc(-c2ccc(F)c(C(C)C(NS(=O)(=O)c3ccc(Cl)cc3OC)c3n[nH]c(=O)o3)c2C)cn1. The maximum atomic E-state index is 15.3. The third-order valence-electron chi connectivity index (χ3n) is 6.10. The molecule has 2 atom stereocenters. The van der Waals surface area contributed by atoms with Crippen molar-refractivity contribution in [3.8, 4) is 16.9 Å². The lowest BCUT2D eigenvalue weighted by molar-refractivity contribution is 0.374. The molecule has 37 heavy (non-hydrogen) atoms. The maximum Gasteiger partial charge on any atom is 0.434 e. The molecule has 0 aliphatic carbocycles. The molecule has 13 heteroatoms. The van der Waals surface area contributed by atoms with Crippen LogP contribution in [0.4, 0.5) is 4.39 Å². The molecular weight excluding hydrogens is 525 g/mol. The van der Waals surface area contributed by atoms with E-state index in [9.17, 15) is 13.2 Å². The third-order valence-corrected chi connectivity index (χ3v) is 7.82. The number of aryl methyl sites for hydroxylation is 1. The highest BCUT2D eigenvalue weighted by atomic mass is 35.5. The van der Waals surface area contributed by atoms with E-state index in [2.05, 4.69) is 20.0 Å². The molecule has 0 saturated carbocycles. The Bertz CT molecular complexity index is 1600. The molecule has 196 valence electrons. The average Bonchev–Trinajstić information content (AvgIpc) is 3.51. The van der Waals surface area contributed by atoms with Crippen LogP contribution in [0.25, 0.3) is 11.1 Å². The Labute approximate surface area is 217 Å². The first-order chi connectivity index (χ1) is 17.6. The minimum atomic E-state index is -4.28. The topological polar surface area (TPSA) is 132 Å². The van der Waals surface area contributed by atoms with Crippen LogP contribution in [0.1, 0.15) is 42.8 Å². The zero-order valence-corrected chi connectivity index (χ0v) is 22.0. The van der Waals surface area contributed by atoms with Gasteiger partial charge < -0.3 is 9.15 Å². The molecule has 2 heterocycles. The molecule has 0 spiro atoms. The van der Waals surface area contributed by atoms with Crippen LogP contribution in [-0.2, 0) is 16.6 Å². The second-order valence-corrected chi connectivity index (χ2v) is 10.5. The lowest BCUT2D eigenvalue weighted by atomic mass is 9.86. The van der Waals surface area contributed by atoms with Crippen LogP contribution in [0, 0.1) is 12.7 Å². The molecule has 4 rings (SSSR count). The first kappa shape index (κ1) is 26.6. The normalized spacial score (nSPS) is 13.5. The summed E-state index contributed by atoms with van der Waals surface area (Å²) in [5, 5.41) is 10.5. The maximum absolute atomic E-state index is 15.3. The number of nitrogens with one attached hydrogen (secondary N) is 2. The molecule has 0 amide bonds. The van der Waals surface area contributed by atoms with E-state index in [0.717, 1.165) is 11.1 Å². The van der Waals surface area contributed by atoms with E-state index in [-0.39, 0.29) is 27.1 Å². The van der Waals surface area contributed by atoms with E-state index in [1.165, 1.54) is 31.4 Å². The molecule has 10 nitrogen and oxygen atoms in total. The number of H-pyrrole nitrogens is 1. The summed E-state index contributed by atoms with van der Waals surface area (Å²) in [5.74, 6) is -2.54. The highest BCUT2D eigenvalue weighted by molar-refractivity contribution is 7.89. The summed E-state index contributed by atoms with van der Waals surface area (Å²) in [6.07, 6.45) is 3.52. The van der Waals surface area contributed by atoms with Gasteiger partial charge in [-0.1, -0.05) is 24.6 Å². The number of benzene rings is 2. The van der Waals surface area contributed by atoms with Gasteiger partial charge in [0.25, 0.3) is 0 Å². The monoisotopic (exact) mass is 549 g/mol. The fourth-order valence-electron chi connectivity index (χ4n) is 4.24. The van der Waals surface area contributed by atoms with E-state index in [4.69, 9.17) is 20.8 Å². The first-order valence-electron chi connectivity index (χ1n) is 11.3. The Hall–Kier alpha value is -3.48. The van der Waals surface area contributed by atoms with Crippen molar-refractivity contribution in [3.05, 3.63) is 81.1 Å². The van der Waals surface area contributed by atoms with E-state index in [1.54, 1.807) is 30.8 Å². The number of halogens is 2. The van der Waals surface area contributed by atoms with Crippen molar-refractivity contribution >= 4 is 21.6 Å². The summed E-state index contributed by atoms with van der Waals surface area (Å²) < 4.78 is 56.8. The molecule has 2 N–H and O–H groups in total. The zero-order chi connectivity index (χ0) is 26.9. The number of hydrogen-bond donors (Lipinski definition) is 2. The van der Waals surface area contributed by atoms with Crippen LogP contribution in [0.15, 0.2) is 56.8 Å². The van der Waals surface area contributed by atoms with Gasteiger partial charge in [-0.3, -0.25) is 4.68 Å². The lowest BCUT2D eigenvalue weighted by Gasteiger charge is -2.25. The second kappa shape index (κ2) is 10.5. The summed E-state index contributed by atoms with van der Waals surface area (Å²) in [6, 6.07) is 5.73. The van der Waals surface area contributed by atoms with Gasteiger partial charge in [-0.2, -0.15) is 9.82 Å². The van der Waals surface area contributed by atoms with Crippen LogP contribution < -0.4 is 15.2 Å². The molecule has 2 aromatic carbocycles. The largest absolute Gasteiger partial charge is 0.495 e. The number of ether oxygens (including phenoxy) is 1. The highest BCUT2D eigenvalue weighted by Crippen LogP contribution is 2.38. The van der Waals surface area contributed by atoms with Crippen molar-refractivity contribution < 1.29 is 22.0 Å². The minimum Gasteiger partial charge on any atom is -0.495 e. The van der Waals surface area contributed by atoms with Crippen LogP contribution in [0.2, 0.25) is 5.02 Å². The standard InChI is InChI=1S/C24H25ClFN5O5S/c1-5-31-12-15(11-27-31)17-7-8-18(26)21(13(17)2)14(3)22(23-28-29-24(32)36-23)30-37(33,34)20-9-6-16(25)10-19(20)35-4/h6-12,14,22,30H,5H2,1-4H3,(H,29,32). The molecule has 2 unspecified atom stereocenters. The summed E-state index contributed by atoms with van der Waals surface area (Å²) in [4.78, 5) is 11.5. The Balaban J connectivity index is 1.81. The molecule has 0 aliphatic heterocycles. The Morgan fingerprint density at radius 1 is 1.30 bits per heavy atom. The first-order valence-corrected chi connectivity index (χ1v) is 13.1. The number of methoxy groups -OCH3 is 1. The Morgan fingerprint density at radius 3 is 2.68 bits per heavy atom. The summed E-state index contributed by atoms with van der Waals surface area (Å²) >= 11 is 5.98. The van der Waals surface area contributed by atoms with Crippen molar-refractivity contribution in [1.82, 2.24) is 24.7 Å². The van der Waals surface area contributed by atoms with Crippen molar-refractivity contribution in [3.63, 3.8) is 0 Å².